The van der Waals surface area contributed by atoms with Gasteiger partial charge in [0, 0.05) is 27.4 Å². The molecule has 0 atom stereocenters. The highest BCUT2D eigenvalue weighted by atomic mass is 35.5. The van der Waals surface area contributed by atoms with Gasteiger partial charge < -0.3 is 9.73 Å². The second kappa shape index (κ2) is 9.42. The quantitative estimate of drug-likeness (QED) is 0.363. The fraction of sp³-hybridized carbons (Fsp3) is 0.143. The van der Waals surface area contributed by atoms with Gasteiger partial charge in [0.25, 0.3) is 5.22 Å². The van der Waals surface area contributed by atoms with E-state index < -0.39 is 0 Å². The molecule has 0 saturated heterocycles. The summed E-state index contributed by atoms with van der Waals surface area (Å²) < 4.78 is 5.69. The van der Waals surface area contributed by atoms with Crippen LogP contribution in [0.3, 0.4) is 0 Å². The van der Waals surface area contributed by atoms with Crippen molar-refractivity contribution in [3.63, 3.8) is 0 Å². The largest absolute Gasteiger partial charge is 0.411 e. The lowest BCUT2D eigenvalue weighted by Crippen LogP contribution is -2.14. The maximum Gasteiger partial charge on any atom is 0.277 e. The molecule has 0 aliphatic carbocycles. The molecule has 0 saturated carbocycles. The Morgan fingerprint density at radius 3 is 2.83 bits per heavy atom. The number of thioether (sulfide) groups is 1. The number of anilines is 1. The highest BCUT2D eigenvalue weighted by Crippen LogP contribution is 2.27. The lowest BCUT2D eigenvalue weighted by molar-refractivity contribution is -0.115. The van der Waals surface area contributed by atoms with Crippen molar-refractivity contribution >= 4 is 46.3 Å². The smallest absolute Gasteiger partial charge is 0.277 e. The third-order valence-corrected chi connectivity index (χ3v) is 6.05. The summed E-state index contributed by atoms with van der Waals surface area (Å²) in [7, 11) is 0. The van der Waals surface area contributed by atoms with E-state index >= 15 is 0 Å². The lowest BCUT2D eigenvalue weighted by atomic mass is 10.2. The van der Waals surface area contributed by atoms with Crippen LogP contribution in [0.5, 0.6) is 0 Å². The summed E-state index contributed by atoms with van der Waals surface area (Å²) in [6.45, 7) is 2.01. The van der Waals surface area contributed by atoms with Gasteiger partial charge in [-0.15, -0.1) is 21.5 Å². The molecule has 0 aliphatic heterocycles. The van der Waals surface area contributed by atoms with E-state index in [1.54, 1.807) is 12.1 Å². The molecule has 6 nitrogen and oxygen atoms in total. The Morgan fingerprint density at radius 2 is 2.03 bits per heavy atom. The number of rotatable bonds is 7. The van der Waals surface area contributed by atoms with Crippen molar-refractivity contribution in [3.05, 3.63) is 75.2 Å². The number of carbonyl (C=O) groups excluding carboxylic acids is 1. The number of aryl methyl sites for hydroxylation is 1. The molecule has 9 heteroatoms. The van der Waals surface area contributed by atoms with E-state index in [0.717, 1.165) is 27.5 Å². The SMILES string of the molecule is Cc1ccc(NC(=O)Cc2nc(CSc3nnc(-c4cccc(Cl)c4)o3)cs2)cc1. The van der Waals surface area contributed by atoms with Crippen LogP contribution in [0, 0.1) is 6.92 Å². The summed E-state index contributed by atoms with van der Waals surface area (Å²) in [5, 5.41) is 14.8. The summed E-state index contributed by atoms with van der Waals surface area (Å²) in [6, 6.07) is 15.0. The first kappa shape index (κ1) is 20.6. The van der Waals surface area contributed by atoms with Crippen LogP contribution in [0.4, 0.5) is 5.69 Å². The number of amides is 1. The highest BCUT2D eigenvalue weighted by molar-refractivity contribution is 7.98. The second-order valence-electron chi connectivity index (χ2n) is 6.50. The molecule has 0 radical (unpaired) electrons. The number of nitrogens with one attached hydrogen (secondary N) is 1. The van der Waals surface area contributed by atoms with E-state index in [2.05, 4.69) is 20.5 Å². The van der Waals surface area contributed by atoms with Gasteiger partial charge in [-0.2, -0.15) is 0 Å². The second-order valence-corrected chi connectivity index (χ2v) is 8.80. The number of halogens is 1. The van der Waals surface area contributed by atoms with E-state index in [4.69, 9.17) is 16.0 Å². The molecule has 30 heavy (non-hydrogen) atoms. The lowest BCUT2D eigenvalue weighted by Gasteiger charge is -2.04. The number of nitrogens with zero attached hydrogens (tertiary/aromatic N) is 3. The molecule has 1 N–H and O–H groups in total. The van der Waals surface area contributed by atoms with Crippen molar-refractivity contribution in [1.82, 2.24) is 15.2 Å². The maximum atomic E-state index is 12.2. The number of hydrogen-bond acceptors (Lipinski definition) is 7. The Hall–Kier alpha value is -2.68. The van der Waals surface area contributed by atoms with Crippen LogP contribution in [-0.4, -0.2) is 21.1 Å². The average molecular weight is 457 g/mol. The van der Waals surface area contributed by atoms with Gasteiger partial charge >= 0.3 is 0 Å². The van der Waals surface area contributed by atoms with Gasteiger partial charge in [0.1, 0.15) is 5.01 Å². The van der Waals surface area contributed by atoms with Crippen molar-refractivity contribution in [2.75, 3.05) is 5.32 Å². The zero-order valence-corrected chi connectivity index (χ0v) is 18.4. The van der Waals surface area contributed by atoms with Gasteiger partial charge in [-0.1, -0.05) is 47.1 Å². The molecule has 0 bridgehead atoms. The van der Waals surface area contributed by atoms with Crippen molar-refractivity contribution in [2.45, 2.75) is 24.3 Å². The fourth-order valence-corrected chi connectivity index (χ4v) is 4.36. The van der Waals surface area contributed by atoms with Gasteiger partial charge in [-0.05, 0) is 37.3 Å². The molecule has 2 aromatic heterocycles. The first-order chi connectivity index (χ1) is 14.5. The molecule has 1 amide bonds. The predicted octanol–water partition coefficient (Wildman–Crippen LogP) is 5.63. The monoisotopic (exact) mass is 456 g/mol. The molecule has 2 aromatic carbocycles. The Kier molecular flexibility index (Phi) is 6.47. The number of hydrogen-bond donors (Lipinski definition) is 1. The van der Waals surface area contributed by atoms with Crippen LogP contribution in [0.1, 0.15) is 16.3 Å². The topological polar surface area (TPSA) is 80.9 Å². The molecular weight excluding hydrogens is 440 g/mol. The molecule has 0 fully saturated rings. The summed E-state index contributed by atoms with van der Waals surface area (Å²) in [5.41, 5.74) is 3.57. The van der Waals surface area contributed by atoms with Crippen LogP contribution in [0.15, 0.2) is 63.6 Å². The minimum absolute atomic E-state index is 0.0875. The molecule has 152 valence electrons. The van der Waals surface area contributed by atoms with Crippen molar-refractivity contribution in [3.8, 4) is 11.5 Å². The van der Waals surface area contributed by atoms with Gasteiger partial charge in [0.2, 0.25) is 11.8 Å². The Morgan fingerprint density at radius 1 is 1.20 bits per heavy atom. The van der Waals surface area contributed by atoms with Crippen molar-refractivity contribution < 1.29 is 9.21 Å². The van der Waals surface area contributed by atoms with Gasteiger partial charge in [0.15, 0.2) is 0 Å². The summed E-state index contributed by atoms with van der Waals surface area (Å²) in [4.78, 5) is 16.8. The third kappa shape index (κ3) is 5.47. The number of benzene rings is 2. The van der Waals surface area contributed by atoms with Crippen LogP contribution in [-0.2, 0) is 17.0 Å². The number of thiazole rings is 1. The van der Waals surface area contributed by atoms with Gasteiger partial charge in [-0.25, -0.2) is 4.98 Å². The van der Waals surface area contributed by atoms with Crippen LogP contribution < -0.4 is 5.32 Å². The minimum Gasteiger partial charge on any atom is -0.411 e. The van der Waals surface area contributed by atoms with Gasteiger partial charge in [0.05, 0.1) is 12.1 Å². The van der Waals surface area contributed by atoms with Crippen LogP contribution >= 0.6 is 34.7 Å². The molecule has 0 unspecified atom stereocenters. The molecule has 0 aliphatic rings. The van der Waals surface area contributed by atoms with Crippen LogP contribution in [0.25, 0.3) is 11.5 Å². The first-order valence-corrected chi connectivity index (χ1v) is 11.3. The molecule has 2 heterocycles. The first-order valence-electron chi connectivity index (χ1n) is 9.07. The minimum atomic E-state index is -0.0875. The fourth-order valence-electron chi connectivity index (χ4n) is 2.62. The van der Waals surface area contributed by atoms with E-state index in [1.165, 1.54) is 23.1 Å². The molecular formula is C21H17ClN4O2S2. The van der Waals surface area contributed by atoms with E-state index in [1.807, 2.05) is 48.7 Å². The zero-order chi connectivity index (χ0) is 20.9. The predicted molar refractivity (Wildman–Crippen MR) is 120 cm³/mol. The summed E-state index contributed by atoms with van der Waals surface area (Å²) in [5.74, 6) is 0.912. The summed E-state index contributed by atoms with van der Waals surface area (Å²) in [6.07, 6.45) is 0.239. The van der Waals surface area contributed by atoms with E-state index in [0.29, 0.717) is 21.9 Å². The zero-order valence-electron chi connectivity index (χ0n) is 16.0. The standard InChI is InChI=1S/C21H17ClN4O2S2/c1-13-5-7-16(8-6-13)23-18(27)10-19-24-17(11-29-19)12-30-21-26-25-20(28-21)14-3-2-4-15(22)9-14/h2-9,11H,10,12H2,1H3,(H,23,27). The van der Waals surface area contributed by atoms with E-state index in [9.17, 15) is 4.79 Å². The Labute approximate surface area is 186 Å². The maximum absolute atomic E-state index is 12.2. The summed E-state index contributed by atoms with van der Waals surface area (Å²) >= 11 is 8.86. The van der Waals surface area contributed by atoms with Crippen molar-refractivity contribution in [1.29, 1.82) is 0 Å². The molecule has 0 spiro atoms. The van der Waals surface area contributed by atoms with E-state index in [-0.39, 0.29) is 12.3 Å². The molecule has 4 rings (SSSR count). The normalized spacial score (nSPS) is 10.9. The number of aromatic nitrogens is 3. The molecule has 4 aromatic rings. The van der Waals surface area contributed by atoms with Crippen molar-refractivity contribution in [2.24, 2.45) is 0 Å². The third-order valence-electron chi connectivity index (χ3n) is 4.07. The Bertz CT molecular complexity index is 1160. The highest BCUT2D eigenvalue weighted by Gasteiger charge is 2.12. The van der Waals surface area contributed by atoms with Crippen LogP contribution in [0.2, 0.25) is 5.02 Å². The van der Waals surface area contributed by atoms with Gasteiger partial charge in [-0.3, -0.25) is 4.79 Å². The Balaban J connectivity index is 1.30. The average Bonchev–Trinajstić information content (AvgIpc) is 3.38. The number of carbonyl (C=O) groups is 1.